The smallest absolute Gasteiger partial charge is 0.223 e. The maximum atomic E-state index is 5.66. The number of anilines is 3. The maximum absolute atomic E-state index is 5.66. The predicted molar refractivity (Wildman–Crippen MR) is 74.6 cm³/mol. The number of thioether (sulfide) groups is 1. The summed E-state index contributed by atoms with van der Waals surface area (Å²) in [5, 5.41) is 7.19. The first-order valence-corrected chi connectivity index (χ1v) is 7.11. The standard InChI is InChI=1S/C11H19N5S/c1-13-9-6-10(16-11(12)15-9)14-7-3-4-8(5-7)17-2/h6-8H,3-5H2,1-2H3,(H4,12,13,14,15,16). The van der Waals surface area contributed by atoms with Crippen molar-refractivity contribution in [3.05, 3.63) is 6.07 Å². The molecule has 0 aliphatic heterocycles. The Hall–Kier alpha value is -1.17. The van der Waals surface area contributed by atoms with Crippen LogP contribution in [0.3, 0.4) is 0 Å². The molecule has 5 nitrogen and oxygen atoms in total. The highest BCUT2D eigenvalue weighted by molar-refractivity contribution is 7.99. The molecule has 0 spiro atoms. The van der Waals surface area contributed by atoms with Gasteiger partial charge < -0.3 is 16.4 Å². The number of nitrogens with one attached hydrogen (secondary N) is 2. The fraction of sp³-hybridized carbons (Fsp3) is 0.636. The first kappa shape index (κ1) is 12.3. The Labute approximate surface area is 106 Å². The van der Waals surface area contributed by atoms with Gasteiger partial charge in [0.25, 0.3) is 0 Å². The van der Waals surface area contributed by atoms with Crippen LogP contribution >= 0.6 is 11.8 Å². The molecule has 0 saturated heterocycles. The molecule has 94 valence electrons. The van der Waals surface area contributed by atoms with E-state index in [9.17, 15) is 0 Å². The monoisotopic (exact) mass is 253 g/mol. The summed E-state index contributed by atoms with van der Waals surface area (Å²) < 4.78 is 0. The molecule has 17 heavy (non-hydrogen) atoms. The summed E-state index contributed by atoms with van der Waals surface area (Å²) >= 11 is 1.95. The maximum Gasteiger partial charge on any atom is 0.223 e. The van der Waals surface area contributed by atoms with E-state index in [2.05, 4.69) is 26.9 Å². The lowest BCUT2D eigenvalue weighted by atomic mass is 10.2. The van der Waals surface area contributed by atoms with Crippen LogP contribution in [0.25, 0.3) is 0 Å². The van der Waals surface area contributed by atoms with Crippen molar-refractivity contribution in [2.24, 2.45) is 0 Å². The van der Waals surface area contributed by atoms with Gasteiger partial charge in [0.2, 0.25) is 5.95 Å². The zero-order chi connectivity index (χ0) is 12.3. The third-order valence-electron chi connectivity index (χ3n) is 3.07. The van der Waals surface area contributed by atoms with Crippen molar-refractivity contribution in [1.82, 2.24) is 9.97 Å². The molecule has 1 aliphatic carbocycles. The Morgan fingerprint density at radius 2 is 2.12 bits per heavy atom. The molecule has 1 heterocycles. The van der Waals surface area contributed by atoms with Crippen LogP contribution in [-0.2, 0) is 0 Å². The minimum absolute atomic E-state index is 0.304. The van der Waals surface area contributed by atoms with Crippen LogP contribution in [0.5, 0.6) is 0 Å². The largest absolute Gasteiger partial charge is 0.373 e. The second-order valence-electron chi connectivity index (χ2n) is 4.26. The molecule has 0 aromatic carbocycles. The van der Waals surface area contributed by atoms with Crippen LogP contribution in [0.15, 0.2) is 6.07 Å². The van der Waals surface area contributed by atoms with E-state index in [0.29, 0.717) is 12.0 Å². The van der Waals surface area contributed by atoms with Crippen molar-refractivity contribution in [3.63, 3.8) is 0 Å². The number of nitrogen functional groups attached to an aromatic ring is 1. The summed E-state index contributed by atoms with van der Waals surface area (Å²) in [5.74, 6) is 1.87. The summed E-state index contributed by atoms with van der Waals surface area (Å²) in [7, 11) is 1.82. The predicted octanol–water partition coefficient (Wildman–Crippen LogP) is 1.80. The van der Waals surface area contributed by atoms with Crippen LogP contribution < -0.4 is 16.4 Å². The molecular weight excluding hydrogens is 234 g/mol. The van der Waals surface area contributed by atoms with Gasteiger partial charge in [-0.15, -0.1) is 0 Å². The first-order chi connectivity index (χ1) is 8.21. The first-order valence-electron chi connectivity index (χ1n) is 5.83. The van der Waals surface area contributed by atoms with Crippen LogP contribution in [0.1, 0.15) is 19.3 Å². The number of rotatable bonds is 4. The molecule has 0 bridgehead atoms. The minimum atomic E-state index is 0.304. The molecule has 2 rings (SSSR count). The molecule has 1 aromatic heterocycles. The fourth-order valence-electron chi connectivity index (χ4n) is 2.16. The SMILES string of the molecule is CNc1cc(NC2CCC(SC)C2)nc(N)n1. The topological polar surface area (TPSA) is 75.9 Å². The van der Waals surface area contributed by atoms with E-state index in [0.717, 1.165) is 16.9 Å². The van der Waals surface area contributed by atoms with E-state index in [4.69, 9.17) is 5.73 Å². The van der Waals surface area contributed by atoms with Crippen LogP contribution in [0.2, 0.25) is 0 Å². The number of nitrogens with two attached hydrogens (primary N) is 1. The molecule has 4 N–H and O–H groups in total. The van der Waals surface area contributed by atoms with Crippen molar-refractivity contribution >= 4 is 29.3 Å². The number of hydrogen-bond donors (Lipinski definition) is 3. The highest BCUT2D eigenvalue weighted by atomic mass is 32.2. The van der Waals surface area contributed by atoms with Crippen molar-refractivity contribution in [2.45, 2.75) is 30.6 Å². The lowest BCUT2D eigenvalue weighted by molar-refractivity contribution is 0.752. The molecule has 1 fully saturated rings. The third kappa shape index (κ3) is 3.15. The van der Waals surface area contributed by atoms with Gasteiger partial charge in [0.15, 0.2) is 0 Å². The number of hydrogen-bond acceptors (Lipinski definition) is 6. The van der Waals surface area contributed by atoms with E-state index in [1.807, 2.05) is 24.9 Å². The Morgan fingerprint density at radius 3 is 2.76 bits per heavy atom. The van der Waals surface area contributed by atoms with Crippen molar-refractivity contribution in [2.75, 3.05) is 29.7 Å². The van der Waals surface area contributed by atoms with Crippen LogP contribution in [0.4, 0.5) is 17.6 Å². The van der Waals surface area contributed by atoms with Gasteiger partial charge in [-0.3, -0.25) is 0 Å². The Bertz CT molecular complexity index is 384. The number of nitrogens with zero attached hydrogens (tertiary/aromatic N) is 2. The van der Waals surface area contributed by atoms with E-state index < -0.39 is 0 Å². The molecule has 0 radical (unpaired) electrons. The van der Waals surface area contributed by atoms with Crippen molar-refractivity contribution < 1.29 is 0 Å². The Kier molecular flexibility index (Phi) is 3.93. The van der Waals surface area contributed by atoms with Gasteiger partial charge in [-0.2, -0.15) is 21.7 Å². The molecular formula is C11H19N5S. The van der Waals surface area contributed by atoms with E-state index >= 15 is 0 Å². The Balaban J connectivity index is 2.01. The normalized spacial score (nSPS) is 23.6. The van der Waals surface area contributed by atoms with Gasteiger partial charge >= 0.3 is 0 Å². The molecule has 1 saturated carbocycles. The molecule has 6 heteroatoms. The zero-order valence-electron chi connectivity index (χ0n) is 10.2. The van der Waals surface area contributed by atoms with Gasteiger partial charge in [0, 0.05) is 24.4 Å². The highest BCUT2D eigenvalue weighted by Gasteiger charge is 2.24. The molecule has 2 unspecified atom stereocenters. The second-order valence-corrected chi connectivity index (χ2v) is 5.40. The van der Waals surface area contributed by atoms with E-state index in [-0.39, 0.29) is 0 Å². The average Bonchev–Trinajstić information content (AvgIpc) is 2.76. The molecule has 1 aliphatic rings. The van der Waals surface area contributed by atoms with Crippen molar-refractivity contribution in [3.8, 4) is 0 Å². The van der Waals surface area contributed by atoms with Crippen LogP contribution in [-0.4, -0.2) is 34.6 Å². The van der Waals surface area contributed by atoms with E-state index in [1.165, 1.54) is 19.3 Å². The summed E-state index contributed by atoms with van der Waals surface area (Å²) in [4.78, 5) is 8.27. The summed E-state index contributed by atoms with van der Waals surface area (Å²) in [6.45, 7) is 0. The Morgan fingerprint density at radius 1 is 1.35 bits per heavy atom. The molecule has 2 atom stereocenters. The second kappa shape index (κ2) is 5.44. The quantitative estimate of drug-likeness (QED) is 0.759. The average molecular weight is 253 g/mol. The molecule has 0 amide bonds. The summed E-state index contributed by atoms with van der Waals surface area (Å²) in [6.07, 6.45) is 5.84. The fourth-order valence-corrected chi connectivity index (χ4v) is 2.96. The van der Waals surface area contributed by atoms with Gasteiger partial charge in [-0.25, -0.2) is 0 Å². The van der Waals surface area contributed by atoms with Crippen LogP contribution in [0, 0.1) is 0 Å². The lowest BCUT2D eigenvalue weighted by Crippen LogP contribution is -2.17. The number of aromatic nitrogens is 2. The minimum Gasteiger partial charge on any atom is -0.373 e. The highest BCUT2D eigenvalue weighted by Crippen LogP contribution is 2.30. The lowest BCUT2D eigenvalue weighted by Gasteiger charge is -2.14. The zero-order valence-corrected chi connectivity index (χ0v) is 11.0. The van der Waals surface area contributed by atoms with E-state index in [1.54, 1.807) is 0 Å². The van der Waals surface area contributed by atoms with Gasteiger partial charge in [0.05, 0.1) is 0 Å². The summed E-state index contributed by atoms with van der Waals surface area (Å²) in [6, 6.07) is 2.40. The molecule has 1 aromatic rings. The summed E-state index contributed by atoms with van der Waals surface area (Å²) in [5.41, 5.74) is 5.66. The third-order valence-corrected chi connectivity index (χ3v) is 4.16. The van der Waals surface area contributed by atoms with Gasteiger partial charge in [-0.1, -0.05) is 0 Å². The van der Waals surface area contributed by atoms with Crippen molar-refractivity contribution in [1.29, 1.82) is 0 Å². The van der Waals surface area contributed by atoms with Gasteiger partial charge in [0.1, 0.15) is 11.6 Å². The van der Waals surface area contributed by atoms with Gasteiger partial charge in [-0.05, 0) is 25.5 Å².